The van der Waals surface area contributed by atoms with Gasteiger partial charge in [-0.25, -0.2) is 9.59 Å². The van der Waals surface area contributed by atoms with Crippen molar-refractivity contribution in [3.05, 3.63) is 0 Å². The molecule has 17 heavy (non-hydrogen) atoms. The molecule has 0 aromatic heterocycles. The lowest BCUT2D eigenvalue weighted by Crippen LogP contribution is -2.50. The third-order valence-electron chi connectivity index (χ3n) is 3.09. The zero-order chi connectivity index (χ0) is 12.4. The van der Waals surface area contributed by atoms with Gasteiger partial charge >= 0.3 is 12.0 Å². The maximum atomic E-state index is 12.1. The van der Waals surface area contributed by atoms with Crippen LogP contribution in [0, 0.1) is 0 Å². The summed E-state index contributed by atoms with van der Waals surface area (Å²) in [5.74, 6) is 0.737. The minimum Gasteiger partial charge on any atom is -0.480 e. The van der Waals surface area contributed by atoms with Gasteiger partial charge in [0.25, 0.3) is 0 Å². The highest BCUT2D eigenvalue weighted by molar-refractivity contribution is 7.99. The Bertz CT molecular complexity index is 319. The van der Waals surface area contributed by atoms with Gasteiger partial charge in [0.1, 0.15) is 6.04 Å². The van der Waals surface area contributed by atoms with E-state index in [9.17, 15) is 14.7 Å². The summed E-state index contributed by atoms with van der Waals surface area (Å²) in [4.78, 5) is 26.1. The van der Waals surface area contributed by atoms with Gasteiger partial charge < -0.3 is 20.0 Å². The Morgan fingerprint density at radius 3 is 2.47 bits per heavy atom. The molecular weight excluding hydrogens is 244 g/mol. The molecule has 0 bridgehead atoms. The summed E-state index contributed by atoms with van der Waals surface area (Å²) in [5.41, 5.74) is 0. The minimum absolute atomic E-state index is 0.124. The van der Waals surface area contributed by atoms with Crippen LogP contribution < -0.4 is 0 Å². The summed E-state index contributed by atoms with van der Waals surface area (Å²) in [7, 11) is 0. The fourth-order valence-electron chi connectivity index (χ4n) is 2.20. The fourth-order valence-corrected chi connectivity index (χ4v) is 3.10. The molecule has 2 aliphatic heterocycles. The van der Waals surface area contributed by atoms with E-state index in [0.29, 0.717) is 13.1 Å². The van der Waals surface area contributed by atoms with Crippen LogP contribution in [0.3, 0.4) is 0 Å². The van der Waals surface area contributed by atoms with Gasteiger partial charge in [0, 0.05) is 37.6 Å². The number of likely N-dealkylation sites (tertiary alicyclic amines) is 1. The number of aliphatic hydroxyl groups excluding tert-OH is 1. The van der Waals surface area contributed by atoms with Gasteiger partial charge in [-0.05, 0) is 0 Å². The second-order valence-electron chi connectivity index (χ2n) is 4.28. The molecule has 2 atom stereocenters. The number of carboxylic acid groups (broad SMARTS) is 1. The summed E-state index contributed by atoms with van der Waals surface area (Å²) in [6, 6.07) is -1.14. The maximum Gasteiger partial charge on any atom is 0.326 e. The molecule has 0 saturated carbocycles. The van der Waals surface area contributed by atoms with E-state index in [-0.39, 0.29) is 19.0 Å². The number of hydrogen-bond acceptors (Lipinski definition) is 4. The lowest BCUT2D eigenvalue weighted by Gasteiger charge is -2.32. The molecule has 0 radical (unpaired) electrons. The van der Waals surface area contributed by atoms with Crippen molar-refractivity contribution in [1.82, 2.24) is 9.80 Å². The Morgan fingerprint density at radius 2 is 1.88 bits per heavy atom. The van der Waals surface area contributed by atoms with Crippen LogP contribution in [-0.4, -0.2) is 75.3 Å². The number of β-amino-alcohol motifs (C(OH)–C–C–N with tert-alkyl or cyclic N) is 1. The standard InChI is InChI=1S/C10H16N2O4S/c13-7-5-8(9(14)15)12(6-7)10(16)11-1-3-17-4-2-11/h7-8,13H,1-6H2,(H,14,15). The summed E-state index contributed by atoms with van der Waals surface area (Å²) < 4.78 is 0. The number of amides is 2. The normalized spacial score (nSPS) is 29.5. The summed E-state index contributed by atoms with van der Waals surface area (Å²) >= 11 is 1.79. The van der Waals surface area contributed by atoms with Gasteiger partial charge in [-0.1, -0.05) is 0 Å². The zero-order valence-electron chi connectivity index (χ0n) is 9.41. The van der Waals surface area contributed by atoms with E-state index >= 15 is 0 Å². The van der Waals surface area contributed by atoms with E-state index in [1.807, 2.05) is 0 Å². The molecule has 0 aromatic rings. The Kier molecular flexibility index (Phi) is 3.78. The predicted molar refractivity (Wildman–Crippen MR) is 63.0 cm³/mol. The van der Waals surface area contributed by atoms with Crippen LogP contribution in [0.4, 0.5) is 4.79 Å². The fraction of sp³-hybridized carbons (Fsp3) is 0.800. The lowest BCUT2D eigenvalue weighted by molar-refractivity contribution is -0.141. The molecule has 6 nitrogen and oxygen atoms in total. The minimum atomic E-state index is -1.04. The molecule has 0 aliphatic carbocycles. The first-order chi connectivity index (χ1) is 8.09. The number of carbonyl (C=O) groups is 2. The Balaban J connectivity index is 2.04. The first-order valence-electron chi connectivity index (χ1n) is 5.63. The number of rotatable bonds is 1. The highest BCUT2D eigenvalue weighted by Crippen LogP contribution is 2.21. The molecule has 96 valence electrons. The molecule has 2 N–H and O–H groups in total. The lowest BCUT2D eigenvalue weighted by atomic mass is 10.2. The average Bonchev–Trinajstić information content (AvgIpc) is 2.72. The van der Waals surface area contributed by atoms with Crippen LogP contribution in [0.25, 0.3) is 0 Å². The van der Waals surface area contributed by atoms with Crippen LogP contribution in [-0.2, 0) is 4.79 Å². The third-order valence-corrected chi connectivity index (χ3v) is 4.03. The van der Waals surface area contributed by atoms with Crippen LogP contribution in [0.5, 0.6) is 0 Å². The van der Waals surface area contributed by atoms with Gasteiger partial charge in [0.15, 0.2) is 0 Å². The van der Waals surface area contributed by atoms with E-state index in [0.717, 1.165) is 11.5 Å². The highest BCUT2D eigenvalue weighted by Gasteiger charge is 2.40. The van der Waals surface area contributed by atoms with Gasteiger partial charge in [0.05, 0.1) is 6.10 Å². The van der Waals surface area contributed by atoms with Crippen molar-refractivity contribution >= 4 is 23.8 Å². The van der Waals surface area contributed by atoms with Gasteiger partial charge in [-0.15, -0.1) is 0 Å². The monoisotopic (exact) mass is 260 g/mol. The number of aliphatic hydroxyl groups is 1. The molecule has 2 saturated heterocycles. The van der Waals surface area contributed by atoms with E-state index in [1.54, 1.807) is 16.7 Å². The summed E-state index contributed by atoms with van der Waals surface area (Å²) in [5, 5.41) is 18.5. The number of urea groups is 1. The smallest absolute Gasteiger partial charge is 0.326 e. The topological polar surface area (TPSA) is 81.1 Å². The molecule has 7 heteroatoms. The first-order valence-corrected chi connectivity index (χ1v) is 6.79. The molecule has 2 rings (SSSR count). The molecule has 2 unspecified atom stereocenters. The largest absolute Gasteiger partial charge is 0.480 e. The van der Waals surface area contributed by atoms with Crippen molar-refractivity contribution in [1.29, 1.82) is 0 Å². The first kappa shape index (κ1) is 12.5. The van der Waals surface area contributed by atoms with Gasteiger partial charge in [-0.3, -0.25) is 0 Å². The van der Waals surface area contributed by atoms with Crippen LogP contribution >= 0.6 is 11.8 Å². The van der Waals surface area contributed by atoms with Crippen LogP contribution in [0.15, 0.2) is 0 Å². The average molecular weight is 260 g/mol. The van der Waals surface area contributed by atoms with Crippen molar-refractivity contribution in [2.24, 2.45) is 0 Å². The molecular formula is C10H16N2O4S. The Labute approximate surface area is 104 Å². The van der Waals surface area contributed by atoms with Crippen molar-refractivity contribution in [2.45, 2.75) is 18.6 Å². The molecule has 2 fully saturated rings. The van der Waals surface area contributed by atoms with E-state index < -0.39 is 18.1 Å². The van der Waals surface area contributed by atoms with Crippen molar-refractivity contribution in [3.63, 3.8) is 0 Å². The number of hydrogen-bond donors (Lipinski definition) is 2. The predicted octanol–water partition coefficient (Wildman–Crippen LogP) is -0.325. The number of carboxylic acids is 1. The Hall–Kier alpha value is -0.950. The highest BCUT2D eigenvalue weighted by atomic mass is 32.2. The quantitative estimate of drug-likeness (QED) is 0.675. The van der Waals surface area contributed by atoms with Gasteiger partial charge in [0.2, 0.25) is 0 Å². The number of nitrogens with zero attached hydrogens (tertiary/aromatic N) is 2. The second-order valence-corrected chi connectivity index (χ2v) is 5.50. The molecule has 2 amide bonds. The number of thioether (sulfide) groups is 1. The third kappa shape index (κ3) is 2.66. The molecule has 2 heterocycles. The Morgan fingerprint density at radius 1 is 1.24 bits per heavy atom. The summed E-state index contributed by atoms with van der Waals surface area (Å²) in [6.07, 6.45) is -0.594. The molecule has 2 aliphatic rings. The van der Waals surface area contributed by atoms with Gasteiger partial charge in [-0.2, -0.15) is 11.8 Å². The second kappa shape index (κ2) is 5.14. The maximum absolute atomic E-state index is 12.1. The molecule has 0 spiro atoms. The van der Waals surface area contributed by atoms with E-state index in [1.165, 1.54) is 4.90 Å². The van der Waals surface area contributed by atoms with Crippen LogP contribution in [0.1, 0.15) is 6.42 Å². The van der Waals surface area contributed by atoms with E-state index in [2.05, 4.69) is 0 Å². The molecule has 0 aromatic carbocycles. The number of carbonyl (C=O) groups excluding carboxylic acids is 1. The summed E-state index contributed by atoms with van der Waals surface area (Å²) in [6.45, 7) is 1.43. The van der Waals surface area contributed by atoms with E-state index in [4.69, 9.17) is 5.11 Å². The van der Waals surface area contributed by atoms with Crippen LogP contribution in [0.2, 0.25) is 0 Å². The SMILES string of the molecule is O=C(O)C1CC(O)CN1C(=O)N1CCSCC1. The van der Waals surface area contributed by atoms with Crippen molar-refractivity contribution < 1.29 is 19.8 Å². The zero-order valence-corrected chi connectivity index (χ0v) is 10.2. The van der Waals surface area contributed by atoms with Crippen molar-refractivity contribution in [2.75, 3.05) is 31.1 Å². The number of aliphatic carboxylic acids is 1. The van der Waals surface area contributed by atoms with Crippen molar-refractivity contribution in [3.8, 4) is 0 Å².